The van der Waals surface area contributed by atoms with Crippen LogP contribution in [0.15, 0.2) is 42.7 Å². The normalized spacial score (nSPS) is 19.9. The molecule has 3 rings (SSSR count). The third-order valence-corrected chi connectivity index (χ3v) is 4.34. The number of pyridine rings is 1. The van der Waals surface area contributed by atoms with Gasteiger partial charge in [0.25, 0.3) is 0 Å². The van der Waals surface area contributed by atoms with Gasteiger partial charge in [0.1, 0.15) is 0 Å². The van der Waals surface area contributed by atoms with Crippen LogP contribution in [0.5, 0.6) is 0 Å². The molecule has 1 heterocycles. The molecule has 20 heavy (non-hydrogen) atoms. The summed E-state index contributed by atoms with van der Waals surface area (Å²) in [5, 5.41) is 4.50. The second kappa shape index (κ2) is 5.19. The van der Waals surface area contributed by atoms with Gasteiger partial charge in [-0.05, 0) is 52.8 Å². The van der Waals surface area contributed by atoms with Gasteiger partial charge in [-0.2, -0.15) is 0 Å². The highest BCUT2D eigenvalue weighted by Crippen LogP contribution is 2.45. The first-order chi connectivity index (χ1) is 9.56. The number of benzene rings is 1. The number of fused-ring (bicyclic) bond motifs is 1. The molecule has 1 aliphatic carbocycles. The Balaban J connectivity index is 1.83. The molecule has 0 aliphatic heterocycles. The zero-order valence-electron chi connectivity index (χ0n) is 11.9. The number of halogens is 1. The highest BCUT2D eigenvalue weighted by atomic mass is 35.5. The summed E-state index contributed by atoms with van der Waals surface area (Å²) in [6.45, 7) is 5.47. The van der Waals surface area contributed by atoms with E-state index >= 15 is 0 Å². The molecular weight excluding hydrogens is 268 g/mol. The van der Waals surface area contributed by atoms with E-state index in [-0.39, 0.29) is 5.41 Å². The van der Waals surface area contributed by atoms with E-state index in [4.69, 9.17) is 11.6 Å². The van der Waals surface area contributed by atoms with Crippen LogP contribution in [0.2, 0.25) is 5.02 Å². The highest BCUT2D eigenvalue weighted by molar-refractivity contribution is 6.30. The molecule has 0 saturated heterocycles. The minimum Gasteiger partial charge on any atom is -0.305 e. The number of hydrogen-bond donors (Lipinski definition) is 1. The van der Waals surface area contributed by atoms with Gasteiger partial charge in [-0.1, -0.05) is 31.5 Å². The lowest BCUT2D eigenvalue weighted by molar-refractivity contribution is 0.268. The van der Waals surface area contributed by atoms with Crippen LogP contribution in [0, 0.1) is 5.41 Å². The maximum atomic E-state index is 6.16. The lowest BCUT2D eigenvalue weighted by Gasteiger charge is -2.28. The van der Waals surface area contributed by atoms with Gasteiger partial charge < -0.3 is 5.32 Å². The van der Waals surface area contributed by atoms with E-state index in [0.717, 1.165) is 18.0 Å². The Morgan fingerprint density at radius 3 is 2.75 bits per heavy atom. The quantitative estimate of drug-likeness (QED) is 0.917. The largest absolute Gasteiger partial charge is 0.305 e. The van der Waals surface area contributed by atoms with Gasteiger partial charge in [0.2, 0.25) is 0 Å². The minimum absolute atomic E-state index is 0.208. The molecule has 0 radical (unpaired) electrons. The molecule has 1 unspecified atom stereocenters. The Morgan fingerprint density at radius 2 is 2.00 bits per heavy atom. The van der Waals surface area contributed by atoms with Crippen LogP contribution in [0.25, 0.3) is 0 Å². The van der Waals surface area contributed by atoms with Crippen molar-refractivity contribution in [2.75, 3.05) is 0 Å². The Labute approximate surface area is 125 Å². The molecule has 1 atom stereocenters. The number of hydrogen-bond acceptors (Lipinski definition) is 2. The summed E-state index contributed by atoms with van der Waals surface area (Å²) in [5.74, 6) is 0. The summed E-state index contributed by atoms with van der Waals surface area (Å²) in [6.07, 6.45) is 4.76. The molecule has 0 fully saturated rings. The maximum absolute atomic E-state index is 6.16. The summed E-state index contributed by atoms with van der Waals surface area (Å²) in [7, 11) is 0. The second-order valence-corrected chi connectivity index (χ2v) is 6.61. The number of nitrogens with one attached hydrogen (secondary N) is 1. The van der Waals surface area contributed by atoms with Gasteiger partial charge in [-0.3, -0.25) is 4.98 Å². The average molecular weight is 287 g/mol. The molecule has 1 aromatic heterocycles. The molecule has 104 valence electrons. The fraction of sp³-hybridized carbons (Fsp3) is 0.353. The Morgan fingerprint density at radius 1 is 1.25 bits per heavy atom. The Kier molecular flexibility index (Phi) is 3.53. The standard InChI is InChI=1S/C17H19ClN2/c1-17(2)10-13-3-4-14(18)9-15(13)16(17)20-11-12-5-7-19-8-6-12/h3-9,16,20H,10-11H2,1-2H3. The SMILES string of the molecule is CC1(C)Cc2ccc(Cl)cc2C1NCc1ccncc1. The van der Waals surface area contributed by atoms with Gasteiger partial charge in [-0.25, -0.2) is 0 Å². The molecular formula is C17H19ClN2. The van der Waals surface area contributed by atoms with Crippen molar-refractivity contribution in [2.45, 2.75) is 32.9 Å². The molecule has 3 heteroatoms. The first-order valence-corrected chi connectivity index (χ1v) is 7.35. The van der Waals surface area contributed by atoms with E-state index in [1.807, 2.05) is 30.6 Å². The zero-order valence-corrected chi connectivity index (χ0v) is 12.6. The summed E-state index contributed by atoms with van der Waals surface area (Å²) in [4.78, 5) is 4.06. The molecule has 0 bridgehead atoms. The molecule has 2 nitrogen and oxygen atoms in total. The van der Waals surface area contributed by atoms with Gasteiger partial charge in [0.15, 0.2) is 0 Å². The highest BCUT2D eigenvalue weighted by Gasteiger charge is 2.38. The predicted molar refractivity (Wildman–Crippen MR) is 82.8 cm³/mol. The van der Waals surface area contributed by atoms with Crippen LogP contribution in [-0.4, -0.2) is 4.98 Å². The third-order valence-electron chi connectivity index (χ3n) is 4.11. The van der Waals surface area contributed by atoms with Crippen LogP contribution in [0.3, 0.4) is 0 Å². The van der Waals surface area contributed by atoms with Gasteiger partial charge in [0.05, 0.1) is 0 Å². The van der Waals surface area contributed by atoms with Crippen LogP contribution in [0.1, 0.15) is 36.6 Å². The lowest BCUT2D eigenvalue weighted by Crippen LogP contribution is -2.30. The monoisotopic (exact) mass is 286 g/mol. The Hall–Kier alpha value is -1.38. The zero-order chi connectivity index (χ0) is 14.2. The third kappa shape index (κ3) is 2.58. The van der Waals surface area contributed by atoms with Crippen LogP contribution < -0.4 is 5.32 Å². The van der Waals surface area contributed by atoms with Crippen LogP contribution in [-0.2, 0) is 13.0 Å². The molecule has 1 N–H and O–H groups in total. The van der Waals surface area contributed by atoms with E-state index in [1.54, 1.807) is 0 Å². The van der Waals surface area contributed by atoms with E-state index in [9.17, 15) is 0 Å². The van der Waals surface area contributed by atoms with Crippen LogP contribution in [0.4, 0.5) is 0 Å². The number of nitrogens with zero attached hydrogens (tertiary/aromatic N) is 1. The van der Waals surface area contributed by atoms with Crippen molar-refractivity contribution >= 4 is 11.6 Å². The second-order valence-electron chi connectivity index (χ2n) is 6.18. The van der Waals surface area contributed by atoms with Crippen molar-refractivity contribution in [1.82, 2.24) is 10.3 Å². The van der Waals surface area contributed by atoms with E-state index in [0.29, 0.717) is 6.04 Å². The average Bonchev–Trinajstić information content (AvgIpc) is 2.67. The van der Waals surface area contributed by atoms with Crippen molar-refractivity contribution in [2.24, 2.45) is 5.41 Å². The van der Waals surface area contributed by atoms with Gasteiger partial charge in [0, 0.05) is 30.0 Å². The molecule has 0 amide bonds. The molecule has 1 aliphatic rings. The fourth-order valence-electron chi connectivity index (χ4n) is 3.12. The van der Waals surface area contributed by atoms with Crippen molar-refractivity contribution in [3.05, 3.63) is 64.4 Å². The first-order valence-electron chi connectivity index (χ1n) is 6.97. The van der Waals surface area contributed by atoms with Gasteiger partial charge in [-0.15, -0.1) is 0 Å². The van der Waals surface area contributed by atoms with E-state index in [2.05, 4.69) is 36.3 Å². The predicted octanol–water partition coefficient (Wildman–Crippen LogP) is 4.15. The number of rotatable bonds is 3. The lowest BCUT2D eigenvalue weighted by atomic mass is 9.85. The number of aromatic nitrogens is 1. The van der Waals surface area contributed by atoms with E-state index < -0.39 is 0 Å². The molecule has 0 saturated carbocycles. The van der Waals surface area contributed by atoms with Gasteiger partial charge >= 0.3 is 0 Å². The van der Waals surface area contributed by atoms with E-state index in [1.165, 1.54) is 16.7 Å². The van der Waals surface area contributed by atoms with Crippen molar-refractivity contribution < 1.29 is 0 Å². The Bertz CT molecular complexity index is 608. The van der Waals surface area contributed by atoms with Crippen molar-refractivity contribution in [3.63, 3.8) is 0 Å². The van der Waals surface area contributed by atoms with Crippen molar-refractivity contribution in [3.8, 4) is 0 Å². The minimum atomic E-state index is 0.208. The van der Waals surface area contributed by atoms with Crippen molar-refractivity contribution in [1.29, 1.82) is 0 Å². The first kappa shape index (κ1) is 13.6. The maximum Gasteiger partial charge on any atom is 0.0409 e. The summed E-state index contributed by atoms with van der Waals surface area (Å²) in [6, 6.07) is 10.7. The topological polar surface area (TPSA) is 24.9 Å². The molecule has 0 spiro atoms. The molecule has 1 aromatic carbocycles. The fourth-order valence-corrected chi connectivity index (χ4v) is 3.30. The summed E-state index contributed by atoms with van der Waals surface area (Å²) >= 11 is 6.16. The smallest absolute Gasteiger partial charge is 0.0409 e. The summed E-state index contributed by atoms with van der Waals surface area (Å²) < 4.78 is 0. The molecule has 2 aromatic rings. The summed E-state index contributed by atoms with van der Waals surface area (Å²) in [5.41, 5.74) is 4.22. The van der Waals surface area contributed by atoms with Crippen LogP contribution >= 0.6 is 11.6 Å².